The predicted octanol–water partition coefficient (Wildman–Crippen LogP) is 5.41. The summed E-state index contributed by atoms with van der Waals surface area (Å²) >= 11 is 6.06. The standard InChI is InChI=1S/C20H24ClN3O2.2ClH/c1-26-19-13-18(22)17(21)12-16(19)20(25)23-14-7-6-8-15(11-14)24-9-4-2-3-5-10-24;;/h6-8,11-13H,2-5,9-10,22H2,1H3,(H,23,25);2*1H. The molecule has 0 aliphatic carbocycles. The minimum Gasteiger partial charge on any atom is -0.496 e. The van der Waals surface area contributed by atoms with Crippen molar-refractivity contribution in [3.63, 3.8) is 0 Å². The number of carbonyl (C=O) groups excluding carboxylic acids is 1. The number of benzene rings is 2. The first-order valence-corrected chi connectivity index (χ1v) is 9.25. The van der Waals surface area contributed by atoms with Gasteiger partial charge in [0, 0.05) is 30.5 Å². The lowest BCUT2D eigenvalue weighted by molar-refractivity contribution is 0.102. The number of anilines is 3. The highest BCUT2D eigenvalue weighted by Crippen LogP contribution is 2.30. The molecule has 1 aliphatic heterocycles. The number of halogens is 3. The summed E-state index contributed by atoms with van der Waals surface area (Å²) < 4.78 is 5.27. The van der Waals surface area contributed by atoms with Crippen molar-refractivity contribution in [2.75, 3.05) is 36.1 Å². The van der Waals surface area contributed by atoms with Crippen LogP contribution in [0.15, 0.2) is 36.4 Å². The summed E-state index contributed by atoms with van der Waals surface area (Å²) in [7, 11) is 1.50. The molecular formula is C20H26Cl3N3O2. The molecule has 1 aliphatic rings. The largest absolute Gasteiger partial charge is 0.496 e. The van der Waals surface area contributed by atoms with Gasteiger partial charge in [0.2, 0.25) is 0 Å². The molecule has 0 saturated carbocycles. The third-order valence-electron chi connectivity index (χ3n) is 4.64. The summed E-state index contributed by atoms with van der Waals surface area (Å²) in [5.41, 5.74) is 8.39. The average Bonchev–Trinajstić information content (AvgIpc) is 2.93. The molecule has 2 aromatic carbocycles. The molecule has 1 heterocycles. The van der Waals surface area contributed by atoms with Gasteiger partial charge in [-0.15, -0.1) is 24.8 Å². The molecule has 1 saturated heterocycles. The minimum absolute atomic E-state index is 0. The number of methoxy groups -OCH3 is 1. The van der Waals surface area contributed by atoms with Crippen LogP contribution in [0.5, 0.6) is 5.75 Å². The summed E-state index contributed by atoms with van der Waals surface area (Å²) in [5.74, 6) is 0.116. The molecule has 2 aromatic rings. The third kappa shape index (κ3) is 5.84. The molecule has 0 aromatic heterocycles. The number of ether oxygens (including phenoxy) is 1. The third-order valence-corrected chi connectivity index (χ3v) is 4.97. The molecule has 1 fully saturated rings. The van der Waals surface area contributed by atoms with E-state index in [2.05, 4.69) is 16.3 Å². The first-order valence-electron chi connectivity index (χ1n) is 8.88. The Morgan fingerprint density at radius 2 is 1.79 bits per heavy atom. The van der Waals surface area contributed by atoms with Crippen molar-refractivity contribution < 1.29 is 9.53 Å². The smallest absolute Gasteiger partial charge is 0.259 e. The van der Waals surface area contributed by atoms with E-state index < -0.39 is 0 Å². The molecule has 3 N–H and O–H groups in total. The Hall–Kier alpha value is -1.82. The number of nitrogens with two attached hydrogens (primary N) is 1. The number of amides is 1. The van der Waals surface area contributed by atoms with Gasteiger partial charge in [-0.25, -0.2) is 0 Å². The van der Waals surface area contributed by atoms with Gasteiger partial charge in [0.15, 0.2) is 0 Å². The molecule has 0 unspecified atom stereocenters. The first-order chi connectivity index (χ1) is 12.6. The van der Waals surface area contributed by atoms with Crippen LogP contribution in [0.25, 0.3) is 0 Å². The molecule has 5 nitrogen and oxygen atoms in total. The molecule has 3 rings (SSSR count). The van der Waals surface area contributed by atoms with Crippen molar-refractivity contribution in [3.8, 4) is 5.75 Å². The van der Waals surface area contributed by atoms with E-state index in [1.54, 1.807) is 6.07 Å². The van der Waals surface area contributed by atoms with Gasteiger partial charge in [0.1, 0.15) is 5.75 Å². The van der Waals surface area contributed by atoms with Gasteiger partial charge in [-0.1, -0.05) is 30.5 Å². The molecule has 28 heavy (non-hydrogen) atoms. The van der Waals surface area contributed by atoms with Crippen LogP contribution in [0.3, 0.4) is 0 Å². The number of hydrogen-bond donors (Lipinski definition) is 2. The van der Waals surface area contributed by atoms with E-state index in [9.17, 15) is 4.79 Å². The Bertz CT molecular complexity index is 794. The Balaban J connectivity index is 0.00000196. The zero-order valence-corrected chi connectivity index (χ0v) is 18.1. The van der Waals surface area contributed by atoms with Gasteiger partial charge >= 0.3 is 0 Å². The predicted molar refractivity (Wildman–Crippen MR) is 122 cm³/mol. The fourth-order valence-electron chi connectivity index (χ4n) is 3.22. The van der Waals surface area contributed by atoms with Gasteiger partial charge in [-0.2, -0.15) is 0 Å². The number of rotatable bonds is 4. The van der Waals surface area contributed by atoms with Crippen molar-refractivity contribution in [1.82, 2.24) is 0 Å². The van der Waals surface area contributed by atoms with Gasteiger partial charge < -0.3 is 20.7 Å². The summed E-state index contributed by atoms with van der Waals surface area (Å²) in [6.07, 6.45) is 4.98. The van der Waals surface area contributed by atoms with E-state index >= 15 is 0 Å². The van der Waals surface area contributed by atoms with Crippen molar-refractivity contribution in [3.05, 3.63) is 47.0 Å². The molecule has 154 valence electrons. The van der Waals surface area contributed by atoms with Gasteiger partial charge in [0.25, 0.3) is 5.91 Å². The Labute approximate surface area is 183 Å². The SMILES string of the molecule is COc1cc(N)c(Cl)cc1C(=O)Nc1cccc(N2CCCCCC2)c1.Cl.Cl. The van der Waals surface area contributed by atoms with E-state index in [-0.39, 0.29) is 30.7 Å². The summed E-state index contributed by atoms with van der Waals surface area (Å²) in [4.78, 5) is 15.1. The van der Waals surface area contributed by atoms with E-state index in [4.69, 9.17) is 22.1 Å². The van der Waals surface area contributed by atoms with Crippen LogP contribution >= 0.6 is 36.4 Å². The van der Waals surface area contributed by atoms with Gasteiger partial charge in [0.05, 0.1) is 23.4 Å². The van der Waals surface area contributed by atoms with Crippen molar-refractivity contribution in [2.24, 2.45) is 0 Å². The molecule has 0 radical (unpaired) electrons. The Morgan fingerprint density at radius 1 is 1.11 bits per heavy atom. The van der Waals surface area contributed by atoms with E-state index in [0.29, 0.717) is 22.0 Å². The summed E-state index contributed by atoms with van der Waals surface area (Å²) in [5, 5.41) is 3.26. The quantitative estimate of drug-likeness (QED) is 0.616. The summed E-state index contributed by atoms with van der Waals surface area (Å²) in [6, 6.07) is 11.0. The zero-order valence-electron chi connectivity index (χ0n) is 15.7. The number of nitrogens with zero attached hydrogens (tertiary/aromatic N) is 1. The monoisotopic (exact) mass is 445 g/mol. The average molecular weight is 447 g/mol. The topological polar surface area (TPSA) is 67.6 Å². The van der Waals surface area contributed by atoms with Crippen molar-refractivity contribution in [2.45, 2.75) is 25.7 Å². The number of nitrogens with one attached hydrogen (secondary N) is 1. The lowest BCUT2D eigenvalue weighted by Gasteiger charge is -2.23. The van der Waals surface area contributed by atoms with Gasteiger partial charge in [-0.3, -0.25) is 4.79 Å². The van der Waals surface area contributed by atoms with Crippen LogP contribution in [-0.2, 0) is 0 Å². The zero-order chi connectivity index (χ0) is 18.5. The lowest BCUT2D eigenvalue weighted by atomic mass is 10.1. The second-order valence-corrected chi connectivity index (χ2v) is 6.89. The fourth-order valence-corrected chi connectivity index (χ4v) is 3.39. The van der Waals surface area contributed by atoms with E-state index in [0.717, 1.165) is 24.5 Å². The molecular weight excluding hydrogens is 421 g/mol. The fraction of sp³-hybridized carbons (Fsp3) is 0.350. The number of hydrogen-bond acceptors (Lipinski definition) is 4. The maximum atomic E-state index is 12.7. The molecule has 0 bridgehead atoms. The first kappa shape index (κ1) is 24.2. The Morgan fingerprint density at radius 3 is 2.43 bits per heavy atom. The van der Waals surface area contributed by atoms with E-state index in [1.807, 2.05) is 18.2 Å². The van der Waals surface area contributed by atoms with Crippen LogP contribution in [0.1, 0.15) is 36.0 Å². The highest BCUT2D eigenvalue weighted by molar-refractivity contribution is 6.33. The highest BCUT2D eigenvalue weighted by Gasteiger charge is 2.16. The van der Waals surface area contributed by atoms with Crippen molar-refractivity contribution in [1.29, 1.82) is 0 Å². The number of carbonyl (C=O) groups is 1. The van der Waals surface area contributed by atoms with Crippen LogP contribution in [0, 0.1) is 0 Å². The van der Waals surface area contributed by atoms with Gasteiger partial charge in [-0.05, 0) is 37.1 Å². The molecule has 0 atom stereocenters. The van der Waals surface area contributed by atoms with Crippen molar-refractivity contribution >= 4 is 59.4 Å². The second kappa shape index (κ2) is 11.2. The Kier molecular flexibility index (Phi) is 9.73. The van der Waals surface area contributed by atoms with Crippen LogP contribution < -0.4 is 20.7 Å². The number of nitrogen functional groups attached to an aromatic ring is 1. The normalized spacial score (nSPS) is 13.6. The lowest BCUT2D eigenvalue weighted by Crippen LogP contribution is -2.24. The van der Waals surface area contributed by atoms with Crippen LogP contribution in [-0.4, -0.2) is 26.1 Å². The highest BCUT2D eigenvalue weighted by atomic mass is 35.5. The maximum absolute atomic E-state index is 12.7. The molecule has 1 amide bonds. The van der Waals surface area contributed by atoms with Crippen LogP contribution in [0.2, 0.25) is 5.02 Å². The second-order valence-electron chi connectivity index (χ2n) is 6.48. The molecule has 8 heteroatoms. The van der Waals surface area contributed by atoms with E-state index in [1.165, 1.54) is 38.9 Å². The van der Waals surface area contributed by atoms with Crippen LogP contribution in [0.4, 0.5) is 17.1 Å². The molecule has 0 spiro atoms. The summed E-state index contributed by atoms with van der Waals surface area (Å²) in [6.45, 7) is 2.11. The minimum atomic E-state index is -0.281. The maximum Gasteiger partial charge on any atom is 0.259 e.